The van der Waals surface area contributed by atoms with E-state index in [0.29, 0.717) is 26.4 Å². The predicted octanol–water partition coefficient (Wildman–Crippen LogP) is 0.893. The minimum Gasteiger partial charge on any atom is -0.382 e. The summed E-state index contributed by atoms with van der Waals surface area (Å²) in [6.07, 6.45) is -2.32. The quantitative estimate of drug-likeness (QED) is 0.586. The second kappa shape index (κ2) is 8.34. The van der Waals surface area contributed by atoms with Crippen molar-refractivity contribution in [3.05, 3.63) is 0 Å². The number of hydrogen-bond acceptors (Lipinski definition) is 3. The van der Waals surface area contributed by atoms with E-state index in [0.717, 1.165) is 0 Å². The lowest BCUT2D eigenvalue weighted by Crippen LogP contribution is -2.35. The molecule has 1 unspecified atom stereocenters. The molecule has 1 atom stereocenters. The molecule has 5 heteroatoms. The highest BCUT2D eigenvalue weighted by Gasteiger charge is 2.12. The molecule has 0 aromatic carbocycles. The summed E-state index contributed by atoms with van der Waals surface area (Å²) >= 11 is 0. The van der Waals surface area contributed by atoms with Crippen molar-refractivity contribution in [1.82, 2.24) is 5.32 Å². The van der Waals surface area contributed by atoms with E-state index in [1.807, 2.05) is 0 Å². The summed E-state index contributed by atoms with van der Waals surface area (Å²) in [4.78, 5) is 0. The average Bonchev–Trinajstić information content (AvgIpc) is 2.10. The predicted molar refractivity (Wildman–Crippen MR) is 46.2 cm³/mol. The van der Waals surface area contributed by atoms with Gasteiger partial charge >= 0.3 is 0 Å². The Morgan fingerprint density at radius 3 is 2.46 bits per heavy atom. The molecule has 0 rings (SSSR count). The molecule has 0 saturated carbocycles. The van der Waals surface area contributed by atoms with Crippen LogP contribution in [0.15, 0.2) is 0 Å². The van der Waals surface area contributed by atoms with Crippen LogP contribution in [-0.2, 0) is 9.47 Å². The van der Waals surface area contributed by atoms with Gasteiger partial charge in [0, 0.05) is 13.7 Å². The lowest BCUT2D eigenvalue weighted by atomic mass is 10.3. The second-order valence-corrected chi connectivity index (χ2v) is 2.68. The third kappa shape index (κ3) is 8.08. The topological polar surface area (TPSA) is 30.5 Å². The van der Waals surface area contributed by atoms with Crippen LogP contribution in [0.2, 0.25) is 0 Å². The van der Waals surface area contributed by atoms with Gasteiger partial charge in [-0.15, -0.1) is 0 Å². The Morgan fingerprint density at radius 2 is 1.92 bits per heavy atom. The zero-order chi connectivity index (χ0) is 10.1. The summed E-state index contributed by atoms with van der Waals surface area (Å²) in [5.41, 5.74) is 0. The number of hydrogen-bond donors (Lipinski definition) is 1. The fourth-order valence-electron chi connectivity index (χ4n) is 0.692. The molecule has 80 valence electrons. The third-order valence-corrected chi connectivity index (χ3v) is 1.52. The molecule has 0 aromatic heterocycles. The largest absolute Gasteiger partial charge is 0.382 e. The van der Waals surface area contributed by atoms with Crippen molar-refractivity contribution < 1.29 is 18.3 Å². The first-order valence-corrected chi connectivity index (χ1v) is 4.26. The smallest absolute Gasteiger partial charge is 0.253 e. The maximum absolute atomic E-state index is 11.9. The molecular formula is C8H17F2NO2. The molecule has 0 radical (unpaired) electrons. The normalized spacial score (nSPS) is 13.6. The number of methoxy groups -OCH3 is 1. The molecule has 1 N–H and O–H groups in total. The molecule has 0 aliphatic carbocycles. The highest BCUT2D eigenvalue weighted by atomic mass is 19.3. The third-order valence-electron chi connectivity index (χ3n) is 1.52. The van der Waals surface area contributed by atoms with Gasteiger partial charge in [0.15, 0.2) is 0 Å². The van der Waals surface area contributed by atoms with Crippen LogP contribution < -0.4 is 5.32 Å². The zero-order valence-corrected chi connectivity index (χ0v) is 8.06. The maximum atomic E-state index is 11.9. The summed E-state index contributed by atoms with van der Waals surface area (Å²) in [5, 5.41) is 2.64. The van der Waals surface area contributed by atoms with Gasteiger partial charge in [-0.2, -0.15) is 0 Å². The van der Waals surface area contributed by atoms with Gasteiger partial charge in [-0.25, -0.2) is 8.78 Å². The van der Waals surface area contributed by atoms with Crippen LogP contribution in [-0.4, -0.2) is 45.9 Å². The van der Waals surface area contributed by atoms with Gasteiger partial charge in [-0.3, -0.25) is 0 Å². The summed E-state index contributed by atoms with van der Waals surface area (Å²) in [7, 11) is 1.58. The van der Waals surface area contributed by atoms with Crippen LogP contribution >= 0.6 is 0 Å². The first kappa shape index (κ1) is 12.7. The molecule has 0 fully saturated rings. The van der Waals surface area contributed by atoms with Crippen molar-refractivity contribution in [2.45, 2.75) is 19.4 Å². The summed E-state index contributed by atoms with van der Waals surface area (Å²) in [6.45, 7) is 3.35. The number of halogens is 2. The summed E-state index contributed by atoms with van der Waals surface area (Å²) in [5.74, 6) is 0. The van der Waals surface area contributed by atoms with E-state index in [2.05, 4.69) is 5.32 Å². The van der Waals surface area contributed by atoms with Crippen LogP contribution in [0.4, 0.5) is 8.78 Å². The molecule has 0 aromatic rings. The summed E-state index contributed by atoms with van der Waals surface area (Å²) < 4.78 is 33.7. The van der Waals surface area contributed by atoms with Crippen LogP contribution in [0.1, 0.15) is 6.92 Å². The van der Waals surface area contributed by atoms with Gasteiger partial charge in [0.1, 0.15) is 0 Å². The average molecular weight is 197 g/mol. The van der Waals surface area contributed by atoms with Crippen molar-refractivity contribution >= 4 is 0 Å². The van der Waals surface area contributed by atoms with Crippen molar-refractivity contribution in [2.75, 3.05) is 33.5 Å². The second-order valence-electron chi connectivity index (χ2n) is 2.68. The molecule has 0 bridgehead atoms. The van der Waals surface area contributed by atoms with E-state index in [9.17, 15) is 8.78 Å². The van der Waals surface area contributed by atoms with Gasteiger partial charge in [0.05, 0.1) is 25.9 Å². The summed E-state index contributed by atoms with van der Waals surface area (Å²) in [6, 6.07) is -0.772. The van der Waals surface area contributed by atoms with E-state index in [4.69, 9.17) is 9.47 Å². The molecule has 0 saturated heterocycles. The van der Waals surface area contributed by atoms with Crippen molar-refractivity contribution in [2.24, 2.45) is 0 Å². The Hall–Kier alpha value is -0.260. The van der Waals surface area contributed by atoms with Gasteiger partial charge in [0.2, 0.25) is 0 Å². The Bertz CT molecular complexity index is 114. The van der Waals surface area contributed by atoms with Gasteiger partial charge < -0.3 is 14.8 Å². The fraction of sp³-hybridized carbons (Fsp3) is 1.00. The monoisotopic (exact) mass is 197 g/mol. The van der Waals surface area contributed by atoms with Crippen molar-refractivity contribution in [3.8, 4) is 0 Å². The molecule has 0 spiro atoms. The standard InChI is InChI=1S/C8H17F2NO2/c1-7(8(9)10)11-3-4-13-6-5-12-2/h7-8,11H,3-6H2,1-2H3. The van der Waals surface area contributed by atoms with E-state index < -0.39 is 12.5 Å². The first-order valence-electron chi connectivity index (χ1n) is 4.26. The SMILES string of the molecule is COCCOCCNC(C)C(F)F. The molecule has 0 heterocycles. The number of nitrogens with one attached hydrogen (secondary N) is 1. The van der Waals surface area contributed by atoms with Crippen LogP contribution in [0.3, 0.4) is 0 Å². The first-order chi connectivity index (χ1) is 6.18. The van der Waals surface area contributed by atoms with Gasteiger partial charge in [-0.05, 0) is 6.92 Å². The van der Waals surface area contributed by atoms with E-state index in [-0.39, 0.29) is 0 Å². The van der Waals surface area contributed by atoms with E-state index >= 15 is 0 Å². The minimum atomic E-state index is -2.32. The van der Waals surface area contributed by atoms with Crippen LogP contribution in [0.5, 0.6) is 0 Å². The molecule has 13 heavy (non-hydrogen) atoms. The van der Waals surface area contributed by atoms with Crippen molar-refractivity contribution in [1.29, 1.82) is 0 Å². The van der Waals surface area contributed by atoms with E-state index in [1.54, 1.807) is 7.11 Å². The van der Waals surface area contributed by atoms with Gasteiger partial charge in [-0.1, -0.05) is 0 Å². The Labute approximate surface area is 77.4 Å². The molecule has 0 aliphatic rings. The van der Waals surface area contributed by atoms with Crippen molar-refractivity contribution in [3.63, 3.8) is 0 Å². The Balaban J connectivity index is 3.07. The molecule has 0 amide bonds. The lowest BCUT2D eigenvalue weighted by molar-refractivity contribution is 0.0636. The van der Waals surface area contributed by atoms with Gasteiger partial charge in [0.25, 0.3) is 6.43 Å². The highest BCUT2D eigenvalue weighted by molar-refractivity contribution is 4.61. The Kier molecular flexibility index (Phi) is 8.18. The number of rotatable bonds is 8. The number of ether oxygens (including phenoxy) is 2. The molecule has 3 nitrogen and oxygen atoms in total. The molecule has 0 aliphatic heterocycles. The van der Waals surface area contributed by atoms with E-state index in [1.165, 1.54) is 6.92 Å². The van der Waals surface area contributed by atoms with Crippen LogP contribution in [0.25, 0.3) is 0 Å². The molecular weight excluding hydrogens is 180 g/mol. The van der Waals surface area contributed by atoms with Crippen LogP contribution in [0, 0.1) is 0 Å². The minimum absolute atomic E-state index is 0.431. The maximum Gasteiger partial charge on any atom is 0.253 e. The Morgan fingerprint density at radius 1 is 1.23 bits per heavy atom. The fourth-order valence-corrected chi connectivity index (χ4v) is 0.692. The number of alkyl halides is 2. The zero-order valence-electron chi connectivity index (χ0n) is 8.06. The lowest BCUT2D eigenvalue weighted by Gasteiger charge is -2.12. The highest BCUT2D eigenvalue weighted by Crippen LogP contribution is 1.98.